The van der Waals surface area contributed by atoms with Gasteiger partial charge in [0.1, 0.15) is 11.4 Å². The molecule has 7 nitrogen and oxygen atoms in total. The third-order valence-electron chi connectivity index (χ3n) is 9.81. The molecule has 0 atom stereocenters. The number of rotatable bonds is 2. The van der Waals surface area contributed by atoms with Crippen molar-refractivity contribution in [3.05, 3.63) is 68.7 Å². The summed E-state index contributed by atoms with van der Waals surface area (Å²) in [5, 5.41) is 0.972. The zero-order valence-corrected chi connectivity index (χ0v) is 25.0. The molecule has 1 aromatic heterocycles. The van der Waals surface area contributed by atoms with Gasteiger partial charge in [0, 0.05) is 19.1 Å². The highest BCUT2D eigenvalue weighted by Crippen LogP contribution is 2.52. The third-order valence-corrected chi connectivity index (χ3v) is 10.1. The van der Waals surface area contributed by atoms with Gasteiger partial charge in [-0.15, -0.1) is 0 Å². The van der Waals surface area contributed by atoms with Crippen LogP contribution in [-0.4, -0.2) is 63.3 Å². The Balaban J connectivity index is 1.13. The molecule has 8 heteroatoms. The second-order valence-electron chi connectivity index (χ2n) is 13.5. The largest absolute Gasteiger partial charge is 0.444 e. The smallest absolute Gasteiger partial charge is 0.410 e. The van der Waals surface area contributed by atoms with Crippen LogP contribution in [0.3, 0.4) is 0 Å². The molecule has 2 saturated heterocycles. The predicted molar refractivity (Wildman–Crippen MR) is 161 cm³/mol. The maximum atomic E-state index is 13.2. The number of aromatic nitrogens is 2. The maximum absolute atomic E-state index is 13.2. The van der Waals surface area contributed by atoms with Crippen molar-refractivity contribution in [2.24, 2.45) is 0 Å². The Morgan fingerprint density at radius 3 is 2.49 bits per heavy atom. The minimum absolute atomic E-state index is 0.203. The first-order valence-corrected chi connectivity index (χ1v) is 15.6. The van der Waals surface area contributed by atoms with E-state index in [1.807, 2.05) is 37.8 Å². The normalized spacial score (nSPS) is 21.1. The Hall–Kier alpha value is -2.90. The highest BCUT2D eigenvalue weighted by Gasteiger charge is 2.47. The molecule has 3 aliphatic heterocycles. The molecule has 1 saturated carbocycles. The highest BCUT2D eigenvalue weighted by molar-refractivity contribution is 6.35. The number of halogens is 1. The van der Waals surface area contributed by atoms with Gasteiger partial charge in [0.25, 0.3) is 5.56 Å². The number of amides is 1. The van der Waals surface area contributed by atoms with E-state index >= 15 is 0 Å². The van der Waals surface area contributed by atoms with Gasteiger partial charge in [-0.1, -0.05) is 49.1 Å². The second kappa shape index (κ2) is 9.84. The zero-order valence-electron chi connectivity index (χ0n) is 24.3. The summed E-state index contributed by atoms with van der Waals surface area (Å²) >= 11 is 6.51. The molecule has 1 amide bonds. The highest BCUT2D eigenvalue weighted by atomic mass is 35.5. The first kappa shape index (κ1) is 27.0. The van der Waals surface area contributed by atoms with Gasteiger partial charge in [0.05, 0.1) is 27.0 Å². The number of fused-ring (bicyclic) bond motifs is 7. The van der Waals surface area contributed by atoms with E-state index in [-0.39, 0.29) is 17.1 Å². The molecule has 2 aromatic carbocycles. The van der Waals surface area contributed by atoms with E-state index in [1.54, 1.807) is 6.07 Å². The second-order valence-corrected chi connectivity index (χ2v) is 13.9. The molecule has 4 aliphatic rings. The number of carbonyl (C=O) groups excluding carboxylic acids is 1. The van der Waals surface area contributed by atoms with Gasteiger partial charge < -0.3 is 9.64 Å². The predicted octanol–water partition coefficient (Wildman–Crippen LogP) is 6.40. The van der Waals surface area contributed by atoms with Crippen LogP contribution in [0, 0.1) is 0 Å². The molecule has 1 spiro atoms. The Morgan fingerprint density at radius 2 is 1.78 bits per heavy atom. The molecular weight excluding hydrogens is 536 g/mol. The number of likely N-dealkylation sites (tertiary alicyclic amines) is 2. The lowest BCUT2D eigenvalue weighted by Gasteiger charge is -2.47. The van der Waals surface area contributed by atoms with Gasteiger partial charge >= 0.3 is 6.09 Å². The molecule has 216 valence electrons. The lowest BCUT2D eigenvalue weighted by atomic mass is 9.69. The molecule has 41 heavy (non-hydrogen) atoms. The van der Waals surface area contributed by atoms with Crippen molar-refractivity contribution in [1.29, 1.82) is 0 Å². The Morgan fingerprint density at radius 1 is 1.05 bits per heavy atom. The van der Waals surface area contributed by atoms with E-state index in [2.05, 4.69) is 27.7 Å². The van der Waals surface area contributed by atoms with Gasteiger partial charge in [0.15, 0.2) is 0 Å². The van der Waals surface area contributed by atoms with E-state index in [9.17, 15) is 9.59 Å². The summed E-state index contributed by atoms with van der Waals surface area (Å²) in [7, 11) is 0. The fraction of sp³-hybridized carbons (Fsp3) is 0.545. The van der Waals surface area contributed by atoms with Crippen molar-refractivity contribution < 1.29 is 9.53 Å². The summed E-state index contributed by atoms with van der Waals surface area (Å²) in [5.74, 6) is 1.40. The molecule has 3 aromatic rings. The van der Waals surface area contributed by atoms with Crippen LogP contribution < -0.4 is 5.56 Å². The molecule has 3 fully saturated rings. The van der Waals surface area contributed by atoms with Crippen molar-refractivity contribution in [3.8, 4) is 5.69 Å². The standard InChI is InChI=1S/C33H39ClN4O3/c1-32(2,3)41-31(40)37-19-23(20-37)36-16-12-21(13-17-36)22-10-11-26-24(18-22)33(14-5-4-6-15-33)30-35-29(39)28-25(34)8-7-9-27(28)38(26)30/h7-11,18,21,23H,4-6,12-17,19-20H2,1-3H3. The molecule has 0 N–H and O–H groups in total. The molecular formula is C33H39ClN4O3. The summed E-state index contributed by atoms with van der Waals surface area (Å²) in [4.78, 5) is 34.7. The van der Waals surface area contributed by atoms with Crippen LogP contribution in [0.4, 0.5) is 4.79 Å². The number of hydrogen-bond acceptors (Lipinski definition) is 5. The van der Waals surface area contributed by atoms with Gasteiger partial charge in [-0.3, -0.25) is 14.3 Å². The van der Waals surface area contributed by atoms with Gasteiger partial charge in [-0.2, -0.15) is 4.98 Å². The van der Waals surface area contributed by atoms with Crippen molar-refractivity contribution >= 4 is 28.6 Å². The van der Waals surface area contributed by atoms with Gasteiger partial charge in [-0.05, 0) is 94.8 Å². The Kier molecular flexibility index (Phi) is 6.47. The van der Waals surface area contributed by atoms with E-state index in [1.165, 1.54) is 17.5 Å². The molecule has 4 heterocycles. The van der Waals surface area contributed by atoms with Crippen molar-refractivity contribution in [2.75, 3.05) is 26.2 Å². The van der Waals surface area contributed by atoms with Crippen LogP contribution in [0.5, 0.6) is 0 Å². The monoisotopic (exact) mass is 574 g/mol. The fourth-order valence-electron chi connectivity index (χ4n) is 7.71. The lowest BCUT2D eigenvalue weighted by molar-refractivity contribution is -0.0196. The average Bonchev–Trinajstić information content (AvgIpc) is 3.16. The minimum Gasteiger partial charge on any atom is -0.444 e. The topological polar surface area (TPSA) is 67.7 Å². The molecule has 0 radical (unpaired) electrons. The van der Waals surface area contributed by atoms with Crippen LogP contribution >= 0.6 is 11.6 Å². The molecule has 0 bridgehead atoms. The van der Waals surface area contributed by atoms with Crippen molar-refractivity contribution in [3.63, 3.8) is 0 Å². The zero-order chi connectivity index (χ0) is 28.5. The summed E-state index contributed by atoms with van der Waals surface area (Å²) < 4.78 is 7.76. The Labute approximate surface area is 246 Å². The molecule has 1 aliphatic carbocycles. The lowest BCUT2D eigenvalue weighted by Crippen LogP contribution is -2.62. The number of carbonyl (C=O) groups is 1. The SMILES string of the molecule is CC(C)(C)OC(=O)N1CC(N2CCC(c3ccc4c(c3)C3(CCCCC3)c3nc(=O)c5c(Cl)cccc5n3-4)CC2)C1. The molecule has 7 rings (SSSR count). The van der Waals surface area contributed by atoms with E-state index in [4.69, 9.17) is 21.3 Å². The molecule has 0 unspecified atom stereocenters. The first-order chi connectivity index (χ1) is 19.6. The van der Waals surface area contributed by atoms with Crippen molar-refractivity contribution in [2.45, 2.75) is 88.7 Å². The summed E-state index contributed by atoms with van der Waals surface area (Å²) in [6, 6.07) is 13.2. The van der Waals surface area contributed by atoms with E-state index in [0.29, 0.717) is 22.4 Å². The van der Waals surface area contributed by atoms with Gasteiger partial charge in [-0.25, -0.2) is 4.79 Å². The first-order valence-electron chi connectivity index (χ1n) is 15.2. The minimum atomic E-state index is -0.458. The van der Waals surface area contributed by atoms with Crippen LogP contribution in [0.25, 0.3) is 16.6 Å². The number of piperidine rings is 1. The number of benzene rings is 2. The third kappa shape index (κ3) is 4.47. The number of hydrogen-bond donors (Lipinski definition) is 0. The fourth-order valence-corrected chi connectivity index (χ4v) is 7.96. The van der Waals surface area contributed by atoms with Gasteiger partial charge in [0.2, 0.25) is 0 Å². The average molecular weight is 575 g/mol. The van der Waals surface area contributed by atoms with E-state index in [0.717, 1.165) is 81.7 Å². The van der Waals surface area contributed by atoms with Crippen LogP contribution in [0.1, 0.15) is 88.6 Å². The van der Waals surface area contributed by atoms with Crippen LogP contribution in [0.15, 0.2) is 41.2 Å². The van der Waals surface area contributed by atoms with Crippen LogP contribution in [-0.2, 0) is 10.2 Å². The quantitative estimate of drug-likeness (QED) is 0.354. The Bertz CT molecular complexity index is 1570. The summed E-state index contributed by atoms with van der Waals surface area (Å²) in [5.41, 5.74) is 3.86. The summed E-state index contributed by atoms with van der Waals surface area (Å²) in [6.45, 7) is 9.32. The maximum Gasteiger partial charge on any atom is 0.410 e. The number of nitrogens with zero attached hydrogens (tertiary/aromatic N) is 4. The van der Waals surface area contributed by atoms with Crippen LogP contribution in [0.2, 0.25) is 5.02 Å². The van der Waals surface area contributed by atoms with Crippen molar-refractivity contribution in [1.82, 2.24) is 19.4 Å². The van der Waals surface area contributed by atoms with E-state index < -0.39 is 5.60 Å². The number of ether oxygens (including phenoxy) is 1. The summed E-state index contributed by atoms with van der Waals surface area (Å²) in [6.07, 6.45) is 7.58.